The molecule has 0 heterocycles. The second-order valence-corrected chi connectivity index (χ2v) is 9.94. The van der Waals surface area contributed by atoms with E-state index in [1.807, 2.05) is 19.0 Å². The van der Waals surface area contributed by atoms with E-state index in [4.69, 9.17) is 5.14 Å². The van der Waals surface area contributed by atoms with Gasteiger partial charge in [0.05, 0.1) is 21.5 Å². The maximum Gasteiger partial charge on any atom is 0.238 e. The number of rotatable bonds is 7. The Hall–Kier alpha value is -2.01. The highest BCUT2D eigenvalue weighted by molar-refractivity contribution is 7.91. The van der Waals surface area contributed by atoms with Crippen molar-refractivity contribution in [2.24, 2.45) is 5.14 Å². The van der Waals surface area contributed by atoms with Gasteiger partial charge in [-0.3, -0.25) is 0 Å². The first-order valence-corrected chi connectivity index (χ1v) is 11.4. The monoisotopic (exact) mass is 415 g/mol. The Morgan fingerprint density at radius 3 is 2.30 bits per heavy atom. The number of anilines is 1. The van der Waals surface area contributed by atoms with Crippen LogP contribution in [-0.2, 0) is 19.9 Å². The van der Waals surface area contributed by atoms with Gasteiger partial charge in [0.15, 0.2) is 9.84 Å². The number of benzene rings is 2. The van der Waals surface area contributed by atoms with Gasteiger partial charge >= 0.3 is 0 Å². The fourth-order valence-corrected chi connectivity index (χ4v) is 4.15. The van der Waals surface area contributed by atoms with Crippen LogP contribution in [-0.4, -0.2) is 48.6 Å². The molecule has 10 heteroatoms. The van der Waals surface area contributed by atoms with E-state index in [2.05, 4.69) is 5.32 Å². The van der Waals surface area contributed by atoms with Crippen LogP contribution in [0.2, 0.25) is 0 Å². The van der Waals surface area contributed by atoms with E-state index in [0.717, 1.165) is 17.9 Å². The van der Waals surface area contributed by atoms with Crippen molar-refractivity contribution >= 4 is 25.5 Å². The summed E-state index contributed by atoms with van der Waals surface area (Å²) in [5.41, 5.74) is 0.961. The smallest absolute Gasteiger partial charge is 0.238 e. The first-order chi connectivity index (χ1) is 12.4. The zero-order chi connectivity index (χ0) is 20.4. The highest BCUT2D eigenvalue weighted by atomic mass is 32.2. The molecule has 2 aromatic carbocycles. The minimum atomic E-state index is -4.04. The Morgan fingerprint density at radius 1 is 1.11 bits per heavy atom. The van der Waals surface area contributed by atoms with Crippen molar-refractivity contribution in [1.29, 1.82) is 0 Å². The number of hydrogen-bond acceptors (Lipinski definition) is 6. The summed E-state index contributed by atoms with van der Waals surface area (Å²) in [5, 5.41) is 8.10. The molecule has 2 aromatic rings. The Balaban J connectivity index is 2.38. The third-order valence-corrected chi connectivity index (χ3v) is 6.07. The zero-order valence-electron chi connectivity index (χ0n) is 15.2. The van der Waals surface area contributed by atoms with Gasteiger partial charge in [-0.1, -0.05) is 12.1 Å². The Labute approximate surface area is 159 Å². The van der Waals surface area contributed by atoms with Crippen molar-refractivity contribution in [2.45, 2.75) is 15.8 Å². The predicted octanol–water partition coefficient (Wildman–Crippen LogP) is 1.59. The first kappa shape index (κ1) is 21.3. The van der Waals surface area contributed by atoms with Gasteiger partial charge in [0, 0.05) is 12.8 Å². The summed E-state index contributed by atoms with van der Waals surface area (Å²) >= 11 is 0. The van der Waals surface area contributed by atoms with Gasteiger partial charge in [-0.25, -0.2) is 26.4 Å². The molecule has 7 nitrogen and oxygen atoms in total. The lowest BCUT2D eigenvalue weighted by Gasteiger charge is -2.26. The quantitative estimate of drug-likeness (QED) is 0.711. The van der Waals surface area contributed by atoms with Gasteiger partial charge in [-0.2, -0.15) is 0 Å². The number of nitrogens with one attached hydrogen (secondary N) is 1. The number of sulfone groups is 1. The average Bonchev–Trinajstić information content (AvgIpc) is 2.53. The topological polar surface area (TPSA) is 110 Å². The van der Waals surface area contributed by atoms with Crippen molar-refractivity contribution in [2.75, 3.05) is 32.2 Å². The van der Waals surface area contributed by atoms with Crippen LogP contribution in [0, 0.1) is 5.82 Å². The van der Waals surface area contributed by atoms with Crippen LogP contribution in [0.25, 0.3) is 0 Å². The average molecular weight is 416 g/mol. The standard InChI is InChI=1S/C17H22FN3O4S2/c1-21(2)16(12-5-4-6-13(18)9-12)11-20-15-8-7-14(27(19,24)25)10-17(15)26(3,22)23/h4-10,16,20H,11H2,1-3H3,(H2,19,24,25). The lowest BCUT2D eigenvalue weighted by atomic mass is 10.1. The van der Waals surface area contributed by atoms with Crippen LogP contribution in [0.4, 0.5) is 10.1 Å². The van der Waals surface area contributed by atoms with Gasteiger partial charge in [0.25, 0.3) is 0 Å². The molecule has 1 unspecified atom stereocenters. The maximum absolute atomic E-state index is 13.5. The molecule has 0 aliphatic rings. The van der Waals surface area contributed by atoms with Crippen molar-refractivity contribution < 1.29 is 21.2 Å². The molecule has 0 spiro atoms. The molecule has 0 saturated heterocycles. The third-order valence-electron chi connectivity index (χ3n) is 4.02. The number of nitrogens with zero attached hydrogens (tertiary/aromatic N) is 1. The van der Waals surface area contributed by atoms with Crippen molar-refractivity contribution in [3.63, 3.8) is 0 Å². The molecule has 0 aliphatic heterocycles. The number of halogens is 1. The Morgan fingerprint density at radius 2 is 1.78 bits per heavy atom. The summed E-state index contributed by atoms with van der Waals surface area (Å²) in [6.07, 6.45) is 0.983. The molecule has 0 amide bonds. The third kappa shape index (κ3) is 5.48. The number of sulfonamides is 1. The molecule has 0 aliphatic carbocycles. The van der Waals surface area contributed by atoms with E-state index >= 15 is 0 Å². The molecule has 0 aromatic heterocycles. The number of primary sulfonamides is 1. The molecule has 0 bridgehead atoms. The van der Waals surface area contributed by atoms with Crippen LogP contribution in [0.1, 0.15) is 11.6 Å². The minimum absolute atomic E-state index is 0.175. The Bertz CT molecular complexity index is 1040. The van der Waals surface area contributed by atoms with Crippen LogP contribution in [0.3, 0.4) is 0 Å². The van der Waals surface area contributed by atoms with Crippen LogP contribution >= 0.6 is 0 Å². The fraction of sp³-hybridized carbons (Fsp3) is 0.294. The van der Waals surface area contributed by atoms with Gasteiger partial charge in [-0.15, -0.1) is 0 Å². The predicted molar refractivity (Wildman–Crippen MR) is 102 cm³/mol. The number of hydrogen-bond donors (Lipinski definition) is 2. The lowest BCUT2D eigenvalue weighted by Crippen LogP contribution is -2.27. The number of likely N-dealkylation sites (N-methyl/N-ethyl adjacent to an activating group) is 1. The first-order valence-electron chi connectivity index (χ1n) is 7.92. The molecule has 1 atom stereocenters. The van der Waals surface area contributed by atoms with Crippen molar-refractivity contribution in [3.8, 4) is 0 Å². The van der Waals surface area contributed by atoms with E-state index in [1.54, 1.807) is 12.1 Å². The summed E-state index contributed by atoms with van der Waals surface area (Å²) in [5.74, 6) is -0.367. The van der Waals surface area contributed by atoms with E-state index in [1.165, 1.54) is 24.3 Å². The second kappa shape index (κ2) is 7.93. The fourth-order valence-electron chi connectivity index (χ4n) is 2.65. The molecular formula is C17H22FN3O4S2. The molecule has 0 radical (unpaired) electrons. The largest absolute Gasteiger partial charge is 0.382 e. The van der Waals surface area contributed by atoms with Crippen molar-refractivity contribution in [1.82, 2.24) is 4.90 Å². The summed E-state index contributed by atoms with van der Waals surface area (Å²) < 4.78 is 60.8. The summed E-state index contributed by atoms with van der Waals surface area (Å²) in [7, 11) is -4.11. The van der Waals surface area contributed by atoms with E-state index < -0.39 is 19.9 Å². The summed E-state index contributed by atoms with van der Waals surface area (Å²) in [6, 6.07) is 9.51. The second-order valence-electron chi connectivity index (χ2n) is 6.39. The van der Waals surface area contributed by atoms with Gasteiger partial charge in [0.1, 0.15) is 5.82 Å². The molecule has 148 valence electrons. The van der Waals surface area contributed by atoms with Gasteiger partial charge in [0.2, 0.25) is 10.0 Å². The summed E-state index contributed by atoms with van der Waals surface area (Å²) in [4.78, 5) is 1.40. The van der Waals surface area contributed by atoms with E-state index in [9.17, 15) is 21.2 Å². The minimum Gasteiger partial charge on any atom is -0.382 e. The lowest BCUT2D eigenvalue weighted by molar-refractivity contribution is 0.311. The summed E-state index contributed by atoms with van der Waals surface area (Å²) in [6.45, 7) is 0.272. The molecule has 0 fully saturated rings. The molecule has 2 rings (SSSR count). The van der Waals surface area contributed by atoms with Gasteiger partial charge in [-0.05, 0) is 50.0 Å². The SMILES string of the molecule is CN(C)C(CNc1ccc(S(N)(=O)=O)cc1S(C)(=O)=O)c1cccc(F)c1. The van der Waals surface area contributed by atoms with Crippen molar-refractivity contribution in [3.05, 3.63) is 53.8 Å². The van der Waals surface area contributed by atoms with Crippen LogP contribution < -0.4 is 10.5 Å². The Kier molecular flexibility index (Phi) is 6.25. The molecule has 27 heavy (non-hydrogen) atoms. The number of nitrogens with two attached hydrogens (primary N) is 1. The van der Waals surface area contributed by atoms with Crippen LogP contribution in [0.5, 0.6) is 0 Å². The maximum atomic E-state index is 13.5. The highest BCUT2D eigenvalue weighted by Crippen LogP contribution is 2.26. The van der Waals surface area contributed by atoms with Crippen LogP contribution in [0.15, 0.2) is 52.3 Å². The highest BCUT2D eigenvalue weighted by Gasteiger charge is 2.20. The molecular weight excluding hydrogens is 393 g/mol. The van der Waals surface area contributed by atoms with E-state index in [-0.39, 0.29) is 33.9 Å². The molecule has 3 N–H and O–H groups in total. The normalized spacial score (nSPS) is 13.6. The zero-order valence-corrected chi connectivity index (χ0v) is 16.8. The molecule has 0 saturated carbocycles. The van der Waals surface area contributed by atoms with E-state index in [0.29, 0.717) is 0 Å². The van der Waals surface area contributed by atoms with Gasteiger partial charge < -0.3 is 10.2 Å².